The van der Waals surface area contributed by atoms with Crippen molar-refractivity contribution in [3.05, 3.63) is 29.8 Å². The van der Waals surface area contributed by atoms with Crippen LogP contribution in [0.4, 0.5) is 0 Å². The first kappa shape index (κ1) is 14.9. The fourth-order valence-corrected chi connectivity index (χ4v) is 2.92. The summed E-state index contributed by atoms with van der Waals surface area (Å²) in [4.78, 5) is 11.6. The Kier molecular flexibility index (Phi) is 4.33. The zero-order valence-corrected chi connectivity index (χ0v) is 12.5. The van der Waals surface area contributed by atoms with Crippen LogP contribution >= 0.6 is 0 Å². The highest BCUT2D eigenvalue weighted by Gasteiger charge is 2.43. The molecule has 0 aromatic heterocycles. The van der Waals surface area contributed by atoms with Crippen LogP contribution in [0.5, 0.6) is 5.75 Å². The summed E-state index contributed by atoms with van der Waals surface area (Å²) in [6.45, 7) is 4.30. The number of amides is 1. The van der Waals surface area contributed by atoms with Gasteiger partial charge in [0, 0.05) is 6.42 Å². The summed E-state index contributed by atoms with van der Waals surface area (Å²) in [5, 5.41) is 3.08. The van der Waals surface area contributed by atoms with E-state index in [1.165, 1.54) is 5.56 Å². The van der Waals surface area contributed by atoms with Gasteiger partial charge in [-0.1, -0.05) is 32.0 Å². The number of primary amides is 1. The molecule has 4 heteroatoms. The monoisotopic (exact) mass is 276 g/mol. The Morgan fingerprint density at radius 3 is 2.70 bits per heavy atom. The SMILES string of the molecule is CNC1(C(N)=O)CCC(Oc2ccccc2C(C)C)C1. The maximum atomic E-state index is 11.6. The molecule has 0 heterocycles. The molecular formula is C16H24N2O2. The Balaban J connectivity index is 2.11. The highest BCUT2D eigenvalue weighted by molar-refractivity contribution is 5.85. The lowest BCUT2D eigenvalue weighted by molar-refractivity contribution is -0.124. The molecule has 1 aliphatic carbocycles. The van der Waals surface area contributed by atoms with Crippen LogP contribution in [0.25, 0.3) is 0 Å². The third kappa shape index (κ3) is 2.80. The number of carbonyl (C=O) groups is 1. The number of ether oxygens (including phenoxy) is 1. The molecule has 1 aromatic rings. The minimum absolute atomic E-state index is 0.0369. The number of benzene rings is 1. The fraction of sp³-hybridized carbons (Fsp3) is 0.562. The molecule has 1 fully saturated rings. The minimum atomic E-state index is -0.614. The van der Waals surface area contributed by atoms with Gasteiger partial charge in [-0.15, -0.1) is 0 Å². The van der Waals surface area contributed by atoms with Crippen molar-refractivity contribution in [2.24, 2.45) is 5.73 Å². The van der Waals surface area contributed by atoms with Crippen molar-refractivity contribution in [1.29, 1.82) is 0 Å². The smallest absolute Gasteiger partial charge is 0.237 e. The van der Waals surface area contributed by atoms with E-state index in [0.29, 0.717) is 12.3 Å². The van der Waals surface area contributed by atoms with E-state index >= 15 is 0 Å². The van der Waals surface area contributed by atoms with Crippen molar-refractivity contribution in [3.63, 3.8) is 0 Å². The molecule has 0 aliphatic heterocycles. The molecule has 0 saturated heterocycles. The second-order valence-electron chi connectivity index (χ2n) is 5.87. The summed E-state index contributed by atoms with van der Waals surface area (Å²) in [5.41, 5.74) is 6.11. The van der Waals surface area contributed by atoms with Crippen molar-refractivity contribution in [2.45, 2.75) is 50.7 Å². The Morgan fingerprint density at radius 2 is 2.15 bits per heavy atom. The second kappa shape index (κ2) is 5.83. The molecule has 2 unspecified atom stereocenters. The molecule has 1 saturated carbocycles. The lowest BCUT2D eigenvalue weighted by Crippen LogP contribution is -2.52. The van der Waals surface area contributed by atoms with Gasteiger partial charge in [-0.2, -0.15) is 0 Å². The molecule has 4 nitrogen and oxygen atoms in total. The predicted octanol–water partition coefficient (Wildman–Crippen LogP) is 2.18. The standard InChI is InChI=1S/C16H24N2O2/c1-11(2)13-6-4-5-7-14(13)20-12-8-9-16(10-12,18-3)15(17)19/h4-7,11-12,18H,8-10H2,1-3H3,(H2,17,19). The molecule has 1 aliphatic rings. The van der Waals surface area contributed by atoms with Gasteiger partial charge >= 0.3 is 0 Å². The third-order valence-corrected chi connectivity index (χ3v) is 4.25. The van der Waals surface area contributed by atoms with Crippen molar-refractivity contribution in [2.75, 3.05) is 7.05 Å². The first-order valence-corrected chi connectivity index (χ1v) is 7.23. The van der Waals surface area contributed by atoms with Gasteiger partial charge in [-0.25, -0.2) is 0 Å². The molecule has 1 aromatic carbocycles. The molecule has 0 radical (unpaired) electrons. The van der Waals surface area contributed by atoms with Gasteiger partial charge < -0.3 is 15.8 Å². The topological polar surface area (TPSA) is 64.3 Å². The van der Waals surface area contributed by atoms with Gasteiger partial charge in [-0.3, -0.25) is 4.79 Å². The number of likely N-dealkylation sites (N-methyl/N-ethyl adjacent to an activating group) is 1. The van der Waals surface area contributed by atoms with Crippen molar-refractivity contribution in [1.82, 2.24) is 5.32 Å². The molecule has 2 atom stereocenters. The molecule has 3 N–H and O–H groups in total. The highest BCUT2D eigenvalue weighted by Crippen LogP contribution is 2.34. The summed E-state index contributed by atoms with van der Waals surface area (Å²) in [5.74, 6) is 1.05. The van der Waals surface area contributed by atoms with E-state index in [0.717, 1.165) is 18.6 Å². The number of carbonyl (C=O) groups excluding carboxylic acids is 1. The zero-order valence-electron chi connectivity index (χ0n) is 12.5. The Morgan fingerprint density at radius 1 is 1.45 bits per heavy atom. The van der Waals surface area contributed by atoms with Crippen LogP contribution in [0.1, 0.15) is 44.6 Å². The number of nitrogens with two attached hydrogens (primary N) is 1. The number of hydrogen-bond acceptors (Lipinski definition) is 3. The van der Waals surface area contributed by atoms with Crippen LogP contribution in [0.15, 0.2) is 24.3 Å². The van der Waals surface area contributed by atoms with E-state index in [1.54, 1.807) is 7.05 Å². The Bertz CT molecular complexity index is 487. The van der Waals surface area contributed by atoms with Gasteiger partial charge in [0.25, 0.3) is 0 Å². The van der Waals surface area contributed by atoms with E-state index < -0.39 is 5.54 Å². The third-order valence-electron chi connectivity index (χ3n) is 4.25. The van der Waals surface area contributed by atoms with E-state index in [4.69, 9.17) is 10.5 Å². The molecule has 2 rings (SSSR count). The Labute approximate surface area is 120 Å². The maximum absolute atomic E-state index is 11.6. The van der Waals surface area contributed by atoms with Crippen LogP contribution in [-0.4, -0.2) is 24.6 Å². The van der Waals surface area contributed by atoms with Gasteiger partial charge in [0.2, 0.25) is 5.91 Å². The molecular weight excluding hydrogens is 252 g/mol. The lowest BCUT2D eigenvalue weighted by Gasteiger charge is -2.25. The maximum Gasteiger partial charge on any atom is 0.237 e. The zero-order chi connectivity index (χ0) is 14.8. The normalized spacial score (nSPS) is 25.9. The van der Waals surface area contributed by atoms with Crippen LogP contribution in [0.2, 0.25) is 0 Å². The van der Waals surface area contributed by atoms with Crippen molar-refractivity contribution in [3.8, 4) is 5.75 Å². The van der Waals surface area contributed by atoms with Gasteiger partial charge in [0.1, 0.15) is 17.4 Å². The van der Waals surface area contributed by atoms with E-state index in [-0.39, 0.29) is 12.0 Å². The van der Waals surface area contributed by atoms with E-state index in [9.17, 15) is 4.79 Å². The largest absolute Gasteiger partial charge is 0.490 e. The van der Waals surface area contributed by atoms with Crippen LogP contribution in [0.3, 0.4) is 0 Å². The summed E-state index contributed by atoms with van der Waals surface area (Å²) in [6.07, 6.45) is 2.24. The average molecular weight is 276 g/mol. The van der Waals surface area contributed by atoms with E-state index in [2.05, 4.69) is 25.2 Å². The summed E-state index contributed by atoms with van der Waals surface area (Å²) >= 11 is 0. The quantitative estimate of drug-likeness (QED) is 0.866. The second-order valence-corrected chi connectivity index (χ2v) is 5.87. The number of nitrogens with one attached hydrogen (secondary N) is 1. The number of para-hydroxylation sites is 1. The van der Waals surface area contributed by atoms with Crippen LogP contribution < -0.4 is 15.8 Å². The lowest BCUT2D eigenvalue weighted by atomic mass is 9.97. The molecule has 20 heavy (non-hydrogen) atoms. The summed E-state index contributed by atoms with van der Waals surface area (Å²) in [7, 11) is 1.79. The Hall–Kier alpha value is -1.55. The predicted molar refractivity (Wildman–Crippen MR) is 79.8 cm³/mol. The van der Waals surface area contributed by atoms with Gasteiger partial charge in [0.05, 0.1) is 0 Å². The van der Waals surface area contributed by atoms with Crippen molar-refractivity contribution >= 4 is 5.91 Å². The van der Waals surface area contributed by atoms with E-state index in [1.807, 2.05) is 18.2 Å². The molecule has 0 bridgehead atoms. The fourth-order valence-electron chi connectivity index (χ4n) is 2.92. The molecule has 0 spiro atoms. The molecule has 110 valence electrons. The highest BCUT2D eigenvalue weighted by atomic mass is 16.5. The first-order chi connectivity index (χ1) is 9.48. The van der Waals surface area contributed by atoms with Crippen LogP contribution in [-0.2, 0) is 4.79 Å². The van der Waals surface area contributed by atoms with Crippen LogP contribution in [0, 0.1) is 0 Å². The van der Waals surface area contributed by atoms with Crippen molar-refractivity contribution < 1.29 is 9.53 Å². The first-order valence-electron chi connectivity index (χ1n) is 7.23. The van der Waals surface area contributed by atoms with Gasteiger partial charge in [0.15, 0.2) is 0 Å². The summed E-state index contributed by atoms with van der Waals surface area (Å²) < 4.78 is 6.13. The number of hydrogen-bond donors (Lipinski definition) is 2. The average Bonchev–Trinajstić information content (AvgIpc) is 2.84. The van der Waals surface area contributed by atoms with Gasteiger partial charge in [-0.05, 0) is 37.4 Å². The summed E-state index contributed by atoms with van der Waals surface area (Å²) in [6, 6.07) is 8.10. The number of rotatable bonds is 5. The minimum Gasteiger partial charge on any atom is -0.490 e. The molecule has 1 amide bonds.